The van der Waals surface area contributed by atoms with Crippen molar-refractivity contribution in [2.45, 2.75) is 25.9 Å². The van der Waals surface area contributed by atoms with Gasteiger partial charge in [-0.1, -0.05) is 24.0 Å². The summed E-state index contributed by atoms with van der Waals surface area (Å²) >= 11 is 4.95. The second-order valence-corrected chi connectivity index (χ2v) is 8.10. The van der Waals surface area contributed by atoms with Gasteiger partial charge in [-0.3, -0.25) is 0 Å². The van der Waals surface area contributed by atoms with E-state index < -0.39 is 0 Å². The molecule has 1 aliphatic heterocycles. The molecule has 0 saturated carbocycles. The van der Waals surface area contributed by atoms with Gasteiger partial charge in [0.2, 0.25) is 0 Å². The Labute approximate surface area is 149 Å². The van der Waals surface area contributed by atoms with E-state index in [1.165, 1.54) is 11.3 Å². The van der Waals surface area contributed by atoms with E-state index in [1.54, 1.807) is 6.20 Å². The molecule has 3 heterocycles. The Morgan fingerprint density at radius 3 is 2.70 bits per heavy atom. The van der Waals surface area contributed by atoms with Gasteiger partial charge in [-0.25, -0.2) is 9.97 Å². The van der Waals surface area contributed by atoms with Crippen molar-refractivity contribution in [1.82, 2.24) is 9.97 Å². The van der Waals surface area contributed by atoms with Gasteiger partial charge in [0.15, 0.2) is 0 Å². The summed E-state index contributed by atoms with van der Waals surface area (Å²) in [6, 6.07) is 4.14. The molecule has 6 heteroatoms. The Morgan fingerprint density at radius 2 is 2.13 bits per heavy atom. The predicted octanol–water partition coefficient (Wildman–Crippen LogP) is 4.63. The zero-order valence-corrected chi connectivity index (χ0v) is 15.5. The monoisotopic (exact) mass is 393 g/mol. The average molecular weight is 394 g/mol. The summed E-state index contributed by atoms with van der Waals surface area (Å²) in [7, 11) is 0. The lowest BCUT2D eigenvalue weighted by Gasteiger charge is -2.35. The fraction of sp³-hybridized carbons (Fsp3) is 0.412. The summed E-state index contributed by atoms with van der Waals surface area (Å²) in [5.41, 5.74) is 1.06. The Balaban J connectivity index is 1.53. The molecule has 1 saturated heterocycles. The Morgan fingerprint density at radius 1 is 1.35 bits per heavy atom. The van der Waals surface area contributed by atoms with Crippen LogP contribution in [-0.2, 0) is 0 Å². The zero-order chi connectivity index (χ0) is 16.2. The van der Waals surface area contributed by atoms with Gasteiger partial charge in [0.05, 0.1) is 9.98 Å². The number of anilines is 1. The molecule has 0 aromatic carbocycles. The topological polar surface area (TPSA) is 38.2 Å². The fourth-order valence-corrected chi connectivity index (χ4v) is 3.95. The van der Waals surface area contributed by atoms with Crippen LogP contribution in [0.1, 0.15) is 25.3 Å². The van der Waals surface area contributed by atoms with Crippen molar-refractivity contribution in [3.63, 3.8) is 0 Å². The first-order chi connectivity index (χ1) is 11.2. The highest BCUT2D eigenvalue weighted by atomic mass is 79.9. The van der Waals surface area contributed by atoms with E-state index in [4.69, 9.17) is 4.74 Å². The minimum atomic E-state index is 0.186. The van der Waals surface area contributed by atoms with Gasteiger partial charge < -0.3 is 9.64 Å². The molecule has 23 heavy (non-hydrogen) atoms. The van der Waals surface area contributed by atoms with Crippen LogP contribution in [0, 0.1) is 5.92 Å². The summed E-state index contributed by atoms with van der Waals surface area (Å²) in [5.74, 6) is 1.60. The van der Waals surface area contributed by atoms with E-state index in [2.05, 4.69) is 56.4 Å². The van der Waals surface area contributed by atoms with Crippen molar-refractivity contribution < 1.29 is 4.74 Å². The molecular weight excluding hydrogens is 374 g/mol. The molecule has 1 fully saturated rings. The maximum absolute atomic E-state index is 5.98. The molecule has 0 N–H and O–H groups in total. The molecule has 0 spiro atoms. The number of ether oxygens (including phenoxy) is 1. The molecule has 1 aliphatic rings. The summed E-state index contributed by atoms with van der Waals surface area (Å²) in [6.07, 6.45) is 7.89. The summed E-state index contributed by atoms with van der Waals surface area (Å²) in [5, 5.41) is 0.744. The summed E-state index contributed by atoms with van der Waals surface area (Å²) in [6.45, 7) is 7.94. The lowest BCUT2D eigenvalue weighted by Crippen LogP contribution is -2.39. The minimum absolute atomic E-state index is 0.186. The van der Waals surface area contributed by atoms with Gasteiger partial charge >= 0.3 is 0 Å². The summed E-state index contributed by atoms with van der Waals surface area (Å²) < 4.78 is 6.98. The van der Waals surface area contributed by atoms with E-state index in [0.29, 0.717) is 5.92 Å². The minimum Gasteiger partial charge on any atom is -0.467 e. The molecule has 3 rings (SSSR count). The number of piperidine rings is 1. The predicted molar refractivity (Wildman–Crippen MR) is 99.2 cm³/mol. The Hall–Kier alpha value is -1.40. The van der Waals surface area contributed by atoms with Gasteiger partial charge in [-0.15, -0.1) is 0 Å². The number of thiazole rings is 1. The van der Waals surface area contributed by atoms with Gasteiger partial charge in [0.1, 0.15) is 11.9 Å². The summed E-state index contributed by atoms with van der Waals surface area (Å²) in [4.78, 5) is 11.1. The van der Waals surface area contributed by atoms with Crippen LogP contribution in [0.3, 0.4) is 0 Å². The highest BCUT2D eigenvalue weighted by Gasteiger charge is 2.26. The highest BCUT2D eigenvalue weighted by molar-refractivity contribution is 9.11. The first kappa shape index (κ1) is 16.5. The lowest BCUT2D eigenvalue weighted by molar-refractivity contribution is 0.132. The van der Waals surface area contributed by atoms with Gasteiger partial charge in [0.25, 0.3) is 5.19 Å². The normalized spacial score (nSPS) is 17.0. The molecule has 4 nitrogen and oxygen atoms in total. The van der Waals surface area contributed by atoms with E-state index in [9.17, 15) is 0 Å². The maximum Gasteiger partial charge on any atom is 0.274 e. The number of hydrogen-bond acceptors (Lipinski definition) is 5. The molecule has 1 atom stereocenters. The molecular formula is C17H20BrN3OS. The van der Waals surface area contributed by atoms with Crippen molar-refractivity contribution in [2.75, 3.05) is 18.0 Å². The number of halogens is 1. The van der Waals surface area contributed by atoms with Gasteiger partial charge in [0, 0.05) is 19.3 Å². The number of nitrogens with zero attached hydrogens (tertiary/aromatic N) is 3. The Kier molecular flexibility index (Phi) is 5.33. The van der Waals surface area contributed by atoms with Crippen LogP contribution in [0.25, 0.3) is 6.08 Å². The zero-order valence-electron chi connectivity index (χ0n) is 13.1. The molecule has 0 radical (unpaired) electrons. The van der Waals surface area contributed by atoms with Crippen LogP contribution in [-0.4, -0.2) is 29.2 Å². The third kappa shape index (κ3) is 4.12. The lowest BCUT2D eigenvalue weighted by atomic mass is 9.92. The van der Waals surface area contributed by atoms with Crippen LogP contribution in [0.15, 0.2) is 34.9 Å². The Bertz CT molecular complexity index is 650. The van der Waals surface area contributed by atoms with E-state index >= 15 is 0 Å². The third-order valence-corrected chi connectivity index (χ3v) is 5.64. The molecule has 2 aromatic heterocycles. The SMILES string of the molecule is C=Cc1ccc(N2CCC(C(C)Oc3ncc(Br)s3)CC2)nc1. The number of aromatic nitrogens is 2. The number of rotatable bonds is 5. The van der Waals surface area contributed by atoms with Crippen molar-refractivity contribution >= 4 is 39.2 Å². The molecule has 0 amide bonds. The molecule has 2 aromatic rings. The standard InChI is InChI=1S/C17H20BrN3OS/c1-3-13-4-5-16(19-10-13)21-8-6-14(7-9-21)12(2)22-17-20-11-15(18)23-17/h3-5,10-12,14H,1,6-9H2,2H3. The first-order valence-corrected chi connectivity index (χ1v) is 9.38. The smallest absolute Gasteiger partial charge is 0.274 e. The van der Waals surface area contributed by atoms with Crippen LogP contribution in [0.2, 0.25) is 0 Å². The van der Waals surface area contributed by atoms with Crippen LogP contribution < -0.4 is 9.64 Å². The maximum atomic E-state index is 5.98. The van der Waals surface area contributed by atoms with Gasteiger partial charge in [-0.2, -0.15) is 0 Å². The van der Waals surface area contributed by atoms with Crippen LogP contribution in [0.4, 0.5) is 5.82 Å². The first-order valence-electron chi connectivity index (χ1n) is 7.77. The second-order valence-electron chi connectivity index (χ2n) is 5.73. The van der Waals surface area contributed by atoms with E-state index in [0.717, 1.165) is 46.3 Å². The largest absolute Gasteiger partial charge is 0.467 e. The van der Waals surface area contributed by atoms with Crippen LogP contribution in [0.5, 0.6) is 5.19 Å². The van der Waals surface area contributed by atoms with Crippen molar-refractivity contribution in [3.05, 3.63) is 40.5 Å². The fourth-order valence-electron chi connectivity index (χ4n) is 2.85. The van der Waals surface area contributed by atoms with E-state index in [1.807, 2.05) is 12.3 Å². The second kappa shape index (κ2) is 7.45. The number of hydrogen-bond donors (Lipinski definition) is 0. The molecule has 122 valence electrons. The highest BCUT2D eigenvalue weighted by Crippen LogP contribution is 2.30. The third-order valence-electron chi connectivity index (χ3n) is 4.28. The van der Waals surface area contributed by atoms with Crippen molar-refractivity contribution in [2.24, 2.45) is 5.92 Å². The number of pyridine rings is 1. The average Bonchev–Trinajstić information content (AvgIpc) is 3.00. The molecule has 0 aliphatic carbocycles. The van der Waals surface area contributed by atoms with Crippen molar-refractivity contribution in [3.8, 4) is 5.19 Å². The molecule has 1 unspecified atom stereocenters. The van der Waals surface area contributed by atoms with E-state index in [-0.39, 0.29) is 6.10 Å². The quantitative estimate of drug-likeness (QED) is 0.741. The van der Waals surface area contributed by atoms with Gasteiger partial charge in [-0.05, 0) is 59.3 Å². The van der Waals surface area contributed by atoms with Crippen LogP contribution >= 0.6 is 27.3 Å². The molecule has 0 bridgehead atoms. The van der Waals surface area contributed by atoms with Crippen molar-refractivity contribution in [1.29, 1.82) is 0 Å².